The third-order valence-electron chi connectivity index (χ3n) is 2.54. The van der Waals surface area contributed by atoms with Crippen molar-refractivity contribution in [1.29, 1.82) is 0 Å². The SMILES string of the molecule is CNC(C)Cc1noc(-c2ccc(I)cc2)n1.Cl. The molecule has 6 heteroatoms. The molecule has 0 aliphatic heterocycles. The van der Waals surface area contributed by atoms with Gasteiger partial charge in [0.05, 0.1) is 0 Å². The Morgan fingerprint density at radius 2 is 2.00 bits per heavy atom. The van der Waals surface area contributed by atoms with E-state index in [9.17, 15) is 0 Å². The fraction of sp³-hybridized carbons (Fsp3) is 0.333. The fourth-order valence-corrected chi connectivity index (χ4v) is 1.78. The van der Waals surface area contributed by atoms with Crippen LogP contribution >= 0.6 is 35.0 Å². The summed E-state index contributed by atoms with van der Waals surface area (Å²) in [5, 5.41) is 7.12. The summed E-state index contributed by atoms with van der Waals surface area (Å²) in [5.74, 6) is 1.32. The number of hydrogen-bond donors (Lipinski definition) is 1. The van der Waals surface area contributed by atoms with Crippen LogP contribution in [0.15, 0.2) is 28.8 Å². The van der Waals surface area contributed by atoms with Crippen molar-refractivity contribution in [3.8, 4) is 11.5 Å². The van der Waals surface area contributed by atoms with Crippen LogP contribution in [0, 0.1) is 3.57 Å². The lowest BCUT2D eigenvalue weighted by atomic mass is 10.2. The molecule has 1 aromatic heterocycles. The minimum absolute atomic E-state index is 0. The van der Waals surface area contributed by atoms with Gasteiger partial charge in [0.2, 0.25) is 0 Å². The zero-order valence-electron chi connectivity index (χ0n) is 10.2. The van der Waals surface area contributed by atoms with E-state index in [0.717, 1.165) is 17.8 Å². The van der Waals surface area contributed by atoms with Crippen LogP contribution in [-0.4, -0.2) is 23.2 Å². The summed E-state index contributed by atoms with van der Waals surface area (Å²) in [6, 6.07) is 8.37. The molecule has 1 atom stereocenters. The Bertz CT molecular complexity index is 486. The van der Waals surface area contributed by atoms with Crippen molar-refractivity contribution >= 4 is 35.0 Å². The van der Waals surface area contributed by atoms with Crippen LogP contribution < -0.4 is 5.32 Å². The molecule has 0 spiro atoms. The van der Waals surface area contributed by atoms with Gasteiger partial charge in [-0.25, -0.2) is 0 Å². The van der Waals surface area contributed by atoms with E-state index in [1.165, 1.54) is 3.57 Å². The van der Waals surface area contributed by atoms with E-state index in [4.69, 9.17) is 4.52 Å². The molecule has 1 N–H and O–H groups in total. The lowest BCUT2D eigenvalue weighted by Gasteiger charge is -2.04. The van der Waals surface area contributed by atoms with E-state index in [2.05, 4.69) is 45.0 Å². The fourth-order valence-electron chi connectivity index (χ4n) is 1.42. The molecule has 0 aliphatic carbocycles. The third-order valence-corrected chi connectivity index (χ3v) is 3.26. The molecule has 1 unspecified atom stereocenters. The van der Waals surface area contributed by atoms with Crippen LogP contribution in [0.1, 0.15) is 12.7 Å². The maximum Gasteiger partial charge on any atom is 0.257 e. The molecule has 4 nitrogen and oxygen atoms in total. The number of aromatic nitrogens is 2. The van der Waals surface area contributed by atoms with Crippen LogP contribution in [0.3, 0.4) is 0 Å². The molecule has 98 valence electrons. The molecular weight excluding hydrogens is 365 g/mol. The lowest BCUT2D eigenvalue weighted by molar-refractivity contribution is 0.418. The molecule has 0 radical (unpaired) electrons. The monoisotopic (exact) mass is 379 g/mol. The standard InChI is InChI=1S/C12H14IN3O.ClH/c1-8(14-2)7-11-15-12(17-16-11)9-3-5-10(13)6-4-9;/h3-6,8,14H,7H2,1-2H3;1H. The van der Waals surface area contributed by atoms with Crippen molar-refractivity contribution < 1.29 is 4.52 Å². The van der Waals surface area contributed by atoms with Crippen LogP contribution in [0.5, 0.6) is 0 Å². The second kappa shape index (κ2) is 7.06. The summed E-state index contributed by atoms with van der Waals surface area (Å²) >= 11 is 2.27. The van der Waals surface area contributed by atoms with E-state index < -0.39 is 0 Å². The van der Waals surface area contributed by atoms with Crippen LogP contribution in [0.2, 0.25) is 0 Å². The van der Waals surface area contributed by atoms with Gasteiger partial charge in [-0.3, -0.25) is 0 Å². The molecule has 1 heterocycles. The molecule has 18 heavy (non-hydrogen) atoms. The van der Waals surface area contributed by atoms with Gasteiger partial charge in [0.1, 0.15) is 0 Å². The van der Waals surface area contributed by atoms with Gasteiger partial charge < -0.3 is 9.84 Å². The lowest BCUT2D eigenvalue weighted by Crippen LogP contribution is -2.24. The molecule has 0 amide bonds. The average molecular weight is 380 g/mol. The van der Waals surface area contributed by atoms with Gasteiger partial charge in [0, 0.05) is 21.6 Å². The molecule has 2 aromatic rings. The maximum absolute atomic E-state index is 5.24. The summed E-state index contributed by atoms with van der Waals surface area (Å²) in [6.07, 6.45) is 0.768. The minimum Gasteiger partial charge on any atom is -0.334 e. The Balaban J connectivity index is 0.00000162. The molecule has 0 saturated carbocycles. The van der Waals surface area contributed by atoms with Gasteiger partial charge in [-0.1, -0.05) is 5.16 Å². The topological polar surface area (TPSA) is 51.0 Å². The predicted octanol–water partition coefficient (Wildman–Crippen LogP) is 2.91. The van der Waals surface area contributed by atoms with Crippen molar-refractivity contribution in [2.75, 3.05) is 7.05 Å². The zero-order chi connectivity index (χ0) is 12.3. The normalized spacial score (nSPS) is 11.9. The van der Waals surface area contributed by atoms with E-state index >= 15 is 0 Å². The number of benzene rings is 1. The highest BCUT2D eigenvalue weighted by Gasteiger charge is 2.10. The van der Waals surface area contributed by atoms with E-state index in [0.29, 0.717) is 11.9 Å². The highest BCUT2D eigenvalue weighted by molar-refractivity contribution is 14.1. The van der Waals surface area contributed by atoms with Gasteiger partial charge in [-0.05, 0) is 60.8 Å². The van der Waals surface area contributed by atoms with Crippen LogP contribution in [0.25, 0.3) is 11.5 Å². The van der Waals surface area contributed by atoms with E-state index in [-0.39, 0.29) is 12.4 Å². The summed E-state index contributed by atoms with van der Waals surface area (Å²) in [6.45, 7) is 2.08. The maximum atomic E-state index is 5.24. The highest BCUT2D eigenvalue weighted by atomic mass is 127. The first-order chi connectivity index (χ1) is 8.19. The first-order valence-corrected chi connectivity index (χ1v) is 6.52. The van der Waals surface area contributed by atoms with E-state index in [1.54, 1.807) is 0 Å². The van der Waals surface area contributed by atoms with Crippen molar-refractivity contribution in [2.45, 2.75) is 19.4 Å². The molecule has 0 aliphatic rings. The Hall–Kier alpha value is -0.660. The van der Waals surface area contributed by atoms with Gasteiger partial charge >= 0.3 is 0 Å². The Morgan fingerprint density at radius 3 is 2.61 bits per heavy atom. The van der Waals surface area contributed by atoms with E-state index in [1.807, 2.05) is 31.3 Å². The summed E-state index contributed by atoms with van der Waals surface area (Å²) in [5.41, 5.74) is 0.960. The van der Waals surface area contributed by atoms with Gasteiger partial charge in [-0.2, -0.15) is 4.98 Å². The molecule has 1 aromatic carbocycles. The molecule has 0 fully saturated rings. The first kappa shape index (κ1) is 15.4. The van der Waals surface area contributed by atoms with Crippen LogP contribution in [0.4, 0.5) is 0 Å². The quantitative estimate of drug-likeness (QED) is 0.830. The molecule has 0 bridgehead atoms. The van der Waals surface area contributed by atoms with Crippen molar-refractivity contribution in [3.63, 3.8) is 0 Å². The number of nitrogens with one attached hydrogen (secondary N) is 1. The van der Waals surface area contributed by atoms with Crippen LogP contribution in [-0.2, 0) is 6.42 Å². The zero-order valence-corrected chi connectivity index (χ0v) is 13.2. The molecule has 2 rings (SSSR count). The van der Waals surface area contributed by atoms with Gasteiger partial charge in [-0.15, -0.1) is 12.4 Å². The van der Waals surface area contributed by atoms with Crippen molar-refractivity contribution in [2.24, 2.45) is 0 Å². The minimum atomic E-state index is 0. The molecular formula is C12H15ClIN3O. The number of likely N-dealkylation sites (N-methyl/N-ethyl adjacent to an activating group) is 1. The number of nitrogens with zero attached hydrogens (tertiary/aromatic N) is 2. The summed E-state index contributed by atoms with van der Waals surface area (Å²) in [4.78, 5) is 4.38. The number of rotatable bonds is 4. The second-order valence-electron chi connectivity index (χ2n) is 3.92. The van der Waals surface area contributed by atoms with Crippen molar-refractivity contribution in [1.82, 2.24) is 15.5 Å². The Labute approximate surface area is 126 Å². The third kappa shape index (κ3) is 3.93. The second-order valence-corrected chi connectivity index (χ2v) is 5.16. The van der Waals surface area contributed by atoms with Gasteiger partial charge in [0.15, 0.2) is 5.82 Å². The number of hydrogen-bond acceptors (Lipinski definition) is 4. The predicted molar refractivity (Wildman–Crippen MR) is 81.9 cm³/mol. The average Bonchev–Trinajstić information content (AvgIpc) is 2.78. The summed E-state index contributed by atoms with van der Waals surface area (Å²) in [7, 11) is 1.92. The highest BCUT2D eigenvalue weighted by Crippen LogP contribution is 2.18. The molecule has 0 saturated heterocycles. The largest absolute Gasteiger partial charge is 0.334 e. The number of halogens is 2. The first-order valence-electron chi connectivity index (χ1n) is 5.45. The van der Waals surface area contributed by atoms with Crippen molar-refractivity contribution in [3.05, 3.63) is 33.7 Å². The Kier molecular flexibility index (Phi) is 6.04. The van der Waals surface area contributed by atoms with Gasteiger partial charge in [0.25, 0.3) is 5.89 Å². The summed E-state index contributed by atoms with van der Waals surface area (Å²) < 4.78 is 6.43. The Morgan fingerprint density at radius 1 is 1.33 bits per heavy atom. The smallest absolute Gasteiger partial charge is 0.257 e.